The van der Waals surface area contributed by atoms with Gasteiger partial charge in [-0.2, -0.15) is 0 Å². The van der Waals surface area contributed by atoms with Gasteiger partial charge in [0.15, 0.2) is 0 Å². The van der Waals surface area contributed by atoms with Crippen molar-refractivity contribution >= 4 is 6.08 Å². The molecule has 1 aliphatic rings. The number of hydrogen-bond donors (Lipinski definition) is 0. The second kappa shape index (κ2) is 2.78. The number of allylic oxidation sites excluding steroid dienone is 1. The molecule has 0 saturated heterocycles. The van der Waals surface area contributed by atoms with E-state index in [0.29, 0.717) is 0 Å². The summed E-state index contributed by atoms with van der Waals surface area (Å²) in [5, 5.41) is 0. The largest absolute Gasteiger partial charge is 0.0683 e. The van der Waals surface area contributed by atoms with E-state index in [-0.39, 0.29) is 0 Å². The lowest BCUT2D eigenvalue weighted by Crippen LogP contribution is -1.85. The molecule has 0 nitrogen and oxygen atoms in total. The van der Waals surface area contributed by atoms with E-state index in [1.165, 1.54) is 22.3 Å². The molecule has 0 fully saturated rings. The average molecular weight is 158 g/mol. The maximum atomic E-state index is 2.31. The molecule has 0 bridgehead atoms. The third-order valence-electron chi connectivity index (χ3n) is 2.49. The number of rotatable bonds is 1. The summed E-state index contributed by atoms with van der Waals surface area (Å²) in [5.74, 6) is 0. The molecule has 0 N–H and O–H groups in total. The highest BCUT2D eigenvalue weighted by atomic mass is 14.1. The van der Waals surface area contributed by atoms with Gasteiger partial charge in [-0.25, -0.2) is 0 Å². The Morgan fingerprint density at radius 3 is 2.92 bits per heavy atom. The first-order valence-electron chi connectivity index (χ1n) is 4.58. The third-order valence-corrected chi connectivity index (χ3v) is 2.49. The molecule has 0 radical (unpaired) electrons. The summed E-state index contributed by atoms with van der Waals surface area (Å²) in [6.45, 7) is 4.40. The van der Waals surface area contributed by atoms with Gasteiger partial charge in [0.25, 0.3) is 0 Å². The van der Waals surface area contributed by atoms with Crippen LogP contribution >= 0.6 is 0 Å². The van der Waals surface area contributed by atoms with Gasteiger partial charge in [-0.3, -0.25) is 0 Å². The molecular weight excluding hydrogens is 144 g/mol. The molecule has 1 aliphatic carbocycles. The molecule has 0 heterocycles. The van der Waals surface area contributed by atoms with Crippen LogP contribution in [0.2, 0.25) is 0 Å². The minimum Gasteiger partial charge on any atom is -0.0683 e. The van der Waals surface area contributed by atoms with Gasteiger partial charge in [-0.15, -0.1) is 0 Å². The van der Waals surface area contributed by atoms with Gasteiger partial charge in [-0.1, -0.05) is 36.8 Å². The van der Waals surface area contributed by atoms with E-state index >= 15 is 0 Å². The molecule has 0 atom stereocenters. The van der Waals surface area contributed by atoms with Gasteiger partial charge < -0.3 is 0 Å². The van der Waals surface area contributed by atoms with E-state index in [4.69, 9.17) is 0 Å². The zero-order chi connectivity index (χ0) is 8.55. The number of fused-ring (bicyclic) bond motifs is 1. The van der Waals surface area contributed by atoms with Crippen molar-refractivity contribution in [2.45, 2.75) is 26.7 Å². The maximum absolute atomic E-state index is 2.31. The predicted octanol–water partition coefficient (Wildman–Crippen LogP) is 3.21. The molecule has 62 valence electrons. The normalized spacial score (nSPS) is 14.3. The van der Waals surface area contributed by atoms with Crippen LogP contribution in [0.3, 0.4) is 0 Å². The topological polar surface area (TPSA) is 0 Å². The Balaban J connectivity index is 2.45. The van der Waals surface area contributed by atoms with Crippen molar-refractivity contribution < 1.29 is 0 Å². The molecule has 0 amide bonds. The van der Waals surface area contributed by atoms with Crippen molar-refractivity contribution in [3.8, 4) is 0 Å². The Hall–Kier alpha value is -1.04. The first-order valence-corrected chi connectivity index (χ1v) is 4.58. The fourth-order valence-corrected chi connectivity index (χ4v) is 1.78. The van der Waals surface area contributed by atoms with E-state index in [0.717, 1.165) is 12.8 Å². The summed E-state index contributed by atoms with van der Waals surface area (Å²) in [6.07, 6.45) is 4.59. The highest BCUT2D eigenvalue weighted by Gasteiger charge is 2.08. The van der Waals surface area contributed by atoms with E-state index in [9.17, 15) is 0 Å². The van der Waals surface area contributed by atoms with Crippen LogP contribution in [0.1, 0.15) is 30.5 Å². The average Bonchev–Trinajstić information content (AvgIpc) is 2.43. The Bertz CT molecular complexity index is 332. The van der Waals surface area contributed by atoms with Crippen LogP contribution in [-0.4, -0.2) is 0 Å². The minimum atomic E-state index is 1.14. The van der Waals surface area contributed by atoms with E-state index < -0.39 is 0 Å². The molecular formula is C12H14. The quantitative estimate of drug-likeness (QED) is 0.588. The van der Waals surface area contributed by atoms with E-state index in [2.05, 4.69) is 38.1 Å². The summed E-state index contributed by atoms with van der Waals surface area (Å²) >= 11 is 0. The fraction of sp³-hybridized carbons (Fsp3) is 0.333. The van der Waals surface area contributed by atoms with Crippen molar-refractivity contribution in [1.29, 1.82) is 0 Å². The molecule has 0 heteroatoms. The Morgan fingerprint density at radius 1 is 1.33 bits per heavy atom. The zero-order valence-electron chi connectivity index (χ0n) is 7.72. The van der Waals surface area contributed by atoms with Crippen molar-refractivity contribution in [3.63, 3.8) is 0 Å². The fourth-order valence-electron chi connectivity index (χ4n) is 1.78. The standard InChI is InChI=1S/C12H14/c1-3-10-4-5-11-6-9(2)7-12(11)8-10/h4-5,7-8H,3,6H2,1-2H3. The SMILES string of the molecule is CCc1ccc2c(c1)C=C(C)C2. The molecule has 12 heavy (non-hydrogen) atoms. The van der Waals surface area contributed by atoms with Crippen LogP contribution in [0.5, 0.6) is 0 Å². The van der Waals surface area contributed by atoms with Crippen molar-refractivity contribution in [1.82, 2.24) is 0 Å². The van der Waals surface area contributed by atoms with Gasteiger partial charge in [0.1, 0.15) is 0 Å². The first-order chi connectivity index (χ1) is 5.79. The third kappa shape index (κ3) is 1.18. The second-order valence-corrected chi connectivity index (χ2v) is 3.55. The summed E-state index contributed by atoms with van der Waals surface area (Å²) in [4.78, 5) is 0. The van der Waals surface area contributed by atoms with Gasteiger partial charge in [0.05, 0.1) is 0 Å². The van der Waals surface area contributed by atoms with Gasteiger partial charge >= 0.3 is 0 Å². The number of benzene rings is 1. The lowest BCUT2D eigenvalue weighted by molar-refractivity contribution is 1.12. The van der Waals surface area contributed by atoms with Crippen LogP contribution in [0.15, 0.2) is 23.8 Å². The lowest BCUT2D eigenvalue weighted by Gasteiger charge is -2.00. The van der Waals surface area contributed by atoms with Crippen molar-refractivity contribution in [2.75, 3.05) is 0 Å². The van der Waals surface area contributed by atoms with Gasteiger partial charge in [0, 0.05) is 0 Å². The monoisotopic (exact) mass is 158 g/mol. The van der Waals surface area contributed by atoms with E-state index in [1.54, 1.807) is 0 Å². The van der Waals surface area contributed by atoms with Crippen molar-refractivity contribution in [3.05, 3.63) is 40.5 Å². The molecule has 2 rings (SSSR count). The zero-order valence-corrected chi connectivity index (χ0v) is 7.72. The van der Waals surface area contributed by atoms with E-state index in [1.807, 2.05) is 0 Å². The van der Waals surface area contributed by atoms with Gasteiger partial charge in [0.2, 0.25) is 0 Å². The Morgan fingerprint density at radius 2 is 2.17 bits per heavy atom. The molecule has 0 spiro atoms. The van der Waals surface area contributed by atoms with Crippen LogP contribution < -0.4 is 0 Å². The molecule has 0 aliphatic heterocycles. The first kappa shape index (κ1) is 7.60. The summed E-state index contributed by atoms with van der Waals surface area (Å²) in [6, 6.07) is 6.82. The highest BCUT2D eigenvalue weighted by Crippen LogP contribution is 2.25. The predicted molar refractivity (Wildman–Crippen MR) is 53.2 cm³/mol. The molecule has 1 aromatic rings. The smallest absolute Gasteiger partial charge is 0.00606 e. The maximum Gasteiger partial charge on any atom is -0.00606 e. The highest BCUT2D eigenvalue weighted by molar-refractivity contribution is 5.63. The second-order valence-electron chi connectivity index (χ2n) is 3.55. The number of aryl methyl sites for hydroxylation is 1. The number of hydrogen-bond acceptors (Lipinski definition) is 0. The molecule has 1 aromatic carbocycles. The minimum absolute atomic E-state index is 1.14. The molecule has 0 unspecified atom stereocenters. The van der Waals surface area contributed by atoms with Crippen LogP contribution in [0, 0.1) is 0 Å². The van der Waals surface area contributed by atoms with Crippen molar-refractivity contribution in [2.24, 2.45) is 0 Å². The lowest BCUT2D eigenvalue weighted by atomic mass is 10.0. The molecule has 0 aromatic heterocycles. The van der Waals surface area contributed by atoms with Gasteiger partial charge in [-0.05, 0) is 36.5 Å². The summed E-state index contributed by atoms with van der Waals surface area (Å²) < 4.78 is 0. The summed E-state index contributed by atoms with van der Waals surface area (Å²) in [5.41, 5.74) is 5.86. The summed E-state index contributed by atoms with van der Waals surface area (Å²) in [7, 11) is 0. The Kier molecular flexibility index (Phi) is 1.76. The Labute approximate surface area is 73.9 Å². The molecule has 0 saturated carbocycles. The van der Waals surface area contributed by atoms with Crippen LogP contribution in [-0.2, 0) is 12.8 Å². The van der Waals surface area contributed by atoms with Crippen LogP contribution in [0.25, 0.3) is 6.08 Å². The van der Waals surface area contributed by atoms with Crippen LogP contribution in [0.4, 0.5) is 0 Å².